The van der Waals surface area contributed by atoms with Crippen molar-refractivity contribution in [2.45, 2.75) is 12.5 Å². The van der Waals surface area contributed by atoms with E-state index in [4.69, 9.17) is 0 Å². The van der Waals surface area contributed by atoms with E-state index in [2.05, 4.69) is 52.8 Å². The van der Waals surface area contributed by atoms with Gasteiger partial charge in [-0.25, -0.2) is 0 Å². The van der Waals surface area contributed by atoms with Crippen molar-refractivity contribution < 1.29 is 5.11 Å². The fraction of sp³-hybridized carbons (Fsp3) is 0.182. The molecule has 0 aliphatic carbocycles. The van der Waals surface area contributed by atoms with Gasteiger partial charge in [-0.2, -0.15) is 0 Å². The summed E-state index contributed by atoms with van der Waals surface area (Å²) in [5.74, 6) is 0. The molecule has 2 aromatic heterocycles. The van der Waals surface area contributed by atoms with Crippen molar-refractivity contribution in [1.82, 2.24) is 4.98 Å². The number of aliphatic hydroxyl groups is 1. The topological polar surface area (TPSA) is 33.1 Å². The summed E-state index contributed by atoms with van der Waals surface area (Å²) in [5.41, 5.74) is 1.01. The summed E-state index contributed by atoms with van der Waals surface area (Å²) in [4.78, 5) is 5.01. The molecule has 6 heteroatoms. The monoisotopic (exact) mass is 439 g/mol. The van der Waals surface area contributed by atoms with E-state index in [0.717, 1.165) is 23.2 Å². The molecule has 1 atom stereocenters. The molecule has 0 radical (unpaired) electrons. The van der Waals surface area contributed by atoms with Gasteiger partial charge >= 0.3 is 0 Å². The van der Waals surface area contributed by atoms with Gasteiger partial charge < -0.3 is 5.11 Å². The number of aromatic nitrogens is 1. The zero-order valence-electron chi connectivity index (χ0n) is 8.53. The van der Waals surface area contributed by atoms with Crippen molar-refractivity contribution in [1.29, 1.82) is 0 Å². The zero-order chi connectivity index (χ0) is 12.4. The van der Waals surface area contributed by atoms with Crippen molar-refractivity contribution in [3.63, 3.8) is 0 Å². The van der Waals surface area contributed by atoms with Gasteiger partial charge in [0, 0.05) is 32.6 Å². The van der Waals surface area contributed by atoms with Crippen molar-refractivity contribution in [2.24, 2.45) is 0 Å². The number of aliphatic hydroxyl groups excluding tert-OH is 1. The second-order valence-corrected chi connectivity index (χ2v) is 7.67. The van der Waals surface area contributed by atoms with E-state index < -0.39 is 6.10 Å². The lowest BCUT2D eigenvalue weighted by atomic mass is 10.1. The van der Waals surface area contributed by atoms with Crippen LogP contribution in [0.3, 0.4) is 0 Å². The number of hydrogen-bond acceptors (Lipinski definition) is 3. The lowest BCUT2D eigenvalue weighted by molar-refractivity contribution is 0.182. The lowest BCUT2D eigenvalue weighted by Gasteiger charge is -2.08. The van der Waals surface area contributed by atoms with Crippen LogP contribution in [0, 0.1) is 0 Å². The molecule has 2 aromatic rings. The molecule has 0 saturated heterocycles. The average molecular weight is 442 g/mol. The third-order valence-corrected chi connectivity index (χ3v) is 5.97. The predicted molar refractivity (Wildman–Crippen MR) is 80.3 cm³/mol. The van der Waals surface area contributed by atoms with Crippen LogP contribution >= 0.6 is 59.1 Å². The van der Waals surface area contributed by atoms with Crippen LogP contribution in [-0.2, 0) is 6.42 Å². The first kappa shape index (κ1) is 13.7. The first-order valence-corrected chi connectivity index (χ1v) is 7.98. The fourth-order valence-electron chi connectivity index (χ4n) is 1.42. The Hall–Kier alpha value is 0.250. The van der Waals surface area contributed by atoms with Gasteiger partial charge in [-0.1, -0.05) is 0 Å². The molecule has 0 amide bonds. The highest BCUT2D eigenvalue weighted by Crippen LogP contribution is 2.36. The summed E-state index contributed by atoms with van der Waals surface area (Å²) in [5, 5.41) is 10.1. The number of halogens is 3. The van der Waals surface area contributed by atoms with Crippen LogP contribution in [0.5, 0.6) is 0 Å². The third-order valence-electron chi connectivity index (χ3n) is 2.18. The number of rotatable bonds is 3. The molecule has 1 unspecified atom stereocenters. The zero-order valence-corrected chi connectivity index (χ0v) is 14.1. The van der Waals surface area contributed by atoms with E-state index in [1.807, 2.05) is 12.1 Å². The molecular formula is C11H8Br3NOS. The molecule has 17 heavy (non-hydrogen) atoms. The van der Waals surface area contributed by atoms with Gasteiger partial charge in [0.05, 0.1) is 9.89 Å². The van der Waals surface area contributed by atoms with Gasteiger partial charge in [-0.15, -0.1) is 11.3 Å². The van der Waals surface area contributed by atoms with Crippen LogP contribution in [0.4, 0.5) is 0 Å². The summed E-state index contributed by atoms with van der Waals surface area (Å²) in [6.07, 6.45) is 3.56. The Morgan fingerprint density at radius 1 is 1.24 bits per heavy atom. The number of pyridine rings is 1. The van der Waals surface area contributed by atoms with Crippen molar-refractivity contribution in [2.75, 3.05) is 0 Å². The Balaban J connectivity index is 2.14. The highest BCUT2D eigenvalue weighted by Gasteiger charge is 2.14. The summed E-state index contributed by atoms with van der Waals surface area (Å²) in [6, 6.07) is 3.90. The molecule has 0 fully saturated rings. The van der Waals surface area contributed by atoms with Crippen LogP contribution < -0.4 is 0 Å². The second kappa shape index (κ2) is 5.93. The Labute approximate surface area is 128 Å². The molecule has 0 aliphatic rings. The minimum atomic E-state index is -0.501. The van der Waals surface area contributed by atoms with Crippen LogP contribution in [-0.4, -0.2) is 10.1 Å². The predicted octanol–water partition coefficient (Wildman–Crippen LogP) is 4.71. The summed E-state index contributed by atoms with van der Waals surface area (Å²) >= 11 is 11.7. The molecule has 0 spiro atoms. The van der Waals surface area contributed by atoms with Gasteiger partial charge in [-0.3, -0.25) is 4.98 Å². The number of hydrogen-bond donors (Lipinski definition) is 1. The van der Waals surface area contributed by atoms with E-state index in [-0.39, 0.29) is 0 Å². The van der Waals surface area contributed by atoms with E-state index in [1.165, 1.54) is 11.3 Å². The molecule has 90 valence electrons. The first-order valence-electron chi connectivity index (χ1n) is 4.78. The first-order chi connectivity index (χ1) is 8.06. The van der Waals surface area contributed by atoms with E-state index in [9.17, 15) is 5.11 Å². The molecule has 0 aromatic carbocycles. The largest absolute Gasteiger partial charge is 0.387 e. The lowest BCUT2D eigenvalue weighted by Crippen LogP contribution is -1.99. The Kier molecular flexibility index (Phi) is 4.77. The highest BCUT2D eigenvalue weighted by molar-refractivity contribution is 9.13. The van der Waals surface area contributed by atoms with Crippen molar-refractivity contribution >= 4 is 59.1 Å². The minimum absolute atomic E-state index is 0.501. The van der Waals surface area contributed by atoms with E-state index in [1.54, 1.807) is 12.4 Å². The quantitative estimate of drug-likeness (QED) is 0.748. The summed E-state index contributed by atoms with van der Waals surface area (Å²) in [6.45, 7) is 0. The number of thiophene rings is 1. The third kappa shape index (κ3) is 3.61. The molecular weight excluding hydrogens is 434 g/mol. The van der Waals surface area contributed by atoms with Crippen molar-refractivity contribution in [3.8, 4) is 0 Å². The molecule has 0 aliphatic heterocycles. The minimum Gasteiger partial charge on any atom is -0.387 e. The summed E-state index contributed by atoms with van der Waals surface area (Å²) in [7, 11) is 0. The molecule has 2 rings (SSSR count). The van der Waals surface area contributed by atoms with Gasteiger partial charge in [0.1, 0.15) is 0 Å². The molecule has 2 heterocycles. The van der Waals surface area contributed by atoms with Crippen molar-refractivity contribution in [3.05, 3.63) is 47.7 Å². The van der Waals surface area contributed by atoms with E-state index >= 15 is 0 Å². The van der Waals surface area contributed by atoms with Gasteiger partial charge in [0.2, 0.25) is 0 Å². The summed E-state index contributed by atoms with van der Waals surface area (Å²) < 4.78 is 2.90. The maximum absolute atomic E-state index is 10.1. The Bertz CT molecular complexity index is 510. The Morgan fingerprint density at radius 3 is 2.59 bits per heavy atom. The van der Waals surface area contributed by atoms with Crippen LogP contribution in [0.15, 0.2) is 37.3 Å². The van der Waals surface area contributed by atoms with Gasteiger partial charge in [-0.05, 0) is 65.5 Å². The highest BCUT2D eigenvalue weighted by atomic mass is 79.9. The normalized spacial score (nSPS) is 12.7. The van der Waals surface area contributed by atoms with Gasteiger partial charge in [0.15, 0.2) is 0 Å². The number of nitrogens with zero attached hydrogens (tertiary/aromatic N) is 1. The maximum Gasteiger partial charge on any atom is 0.0923 e. The fourth-order valence-corrected chi connectivity index (χ4v) is 3.91. The molecule has 0 saturated carbocycles. The Morgan fingerprint density at radius 2 is 2.00 bits per heavy atom. The molecule has 2 nitrogen and oxygen atoms in total. The van der Waals surface area contributed by atoms with E-state index in [0.29, 0.717) is 6.42 Å². The van der Waals surface area contributed by atoms with Crippen LogP contribution in [0.25, 0.3) is 0 Å². The standard InChI is InChI=1S/C11H8Br3NOS/c12-7-1-6(4-15-5-7)2-9(16)10-3-8(13)11(14)17-10/h1,3-5,9,16H,2H2. The average Bonchev–Trinajstić information content (AvgIpc) is 2.59. The molecule has 1 N–H and O–H groups in total. The van der Waals surface area contributed by atoms with Gasteiger partial charge in [0.25, 0.3) is 0 Å². The molecule has 0 bridgehead atoms. The van der Waals surface area contributed by atoms with Crippen LogP contribution in [0.2, 0.25) is 0 Å². The van der Waals surface area contributed by atoms with Crippen LogP contribution in [0.1, 0.15) is 16.5 Å². The maximum atomic E-state index is 10.1. The SMILES string of the molecule is OC(Cc1cncc(Br)c1)c1cc(Br)c(Br)s1. The smallest absolute Gasteiger partial charge is 0.0923 e. The second-order valence-electron chi connectivity index (χ2n) is 3.50.